The normalized spacial score (nSPS) is 20.0. The van der Waals surface area contributed by atoms with Gasteiger partial charge in [-0.3, -0.25) is 0 Å². The summed E-state index contributed by atoms with van der Waals surface area (Å²) in [6, 6.07) is 27.5. The van der Waals surface area contributed by atoms with Crippen LogP contribution < -0.4 is 26.5 Å². The molecule has 73 heavy (non-hydrogen) atoms. The van der Waals surface area contributed by atoms with Gasteiger partial charge in [-0.25, -0.2) is 29.1 Å². The van der Waals surface area contributed by atoms with E-state index in [1.807, 2.05) is 0 Å². The number of rotatable bonds is 14. The van der Waals surface area contributed by atoms with Crippen LogP contribution in [0.2, 0.25) is 0 Å². The minimum absolute atomic E-state index is 0.0503. The maximum Gasteiger partial charge on any atom is 0.442 e. The van der Waals surface area contributed by atoms with Gasteiger partial charge in [0.05, 0.1) is 37.6 Å². The number of hydrogen-bond donors (Lipinski definition) is 2. The van der Waals surface area contributed by atoms with E-state index in [0.717, 1.165) is 0 Å². The van der Waals surface area contributed by atoms with Crippen molar-refractivity contribution in [3.63, 3.8) is 0 Å². The van der Waals surface area contributed by atoms with Crippen LogP contribution in [-0.4, -0.2) is 124 Å². The maximum absolute atomic E-state index is 13.6. The second-order valence-electron chi connectivity index (χ2n) is 19.4. The van der Waals surface area contributed by atoms with Gasteiger partial charge >= 0.3 is 168 Å². The third-order valence-electron chi connectivity index (χ3n) is 12.0. The molecule has 2 fully saturated rings. The molecule has 4 aliphatic rings. The molecule has 2 aromatic heterocycles. The fraction of sp³-hybridized carbons (Fsp3) is 0.333. The van der Waals surface area contributed by atoms with Crippen molar-refractivity contribution in [1.29, 1.82) is 0 Å². The Balaban J connectivity index is 0.000000268. The Morgan fingerprint density at radius 3 is 1.34 bits per heavy atom. The van der Waals surface area contributed by atoms with Crippen LogP contribution >= 0.6 is 7.26 Å². The summed E-state index contributed by atoms with van der Waals surface area (Å²) in [4.78, 5) is 62.4. The first-order valence-corrected chi connectivity index (χ1v) is 27.0. The third kappa shape index (κ3) is 11.8. The van der Waals surface area contributed by atoms with Gasteiger partial charge in [0.1, 0.15) is 23.3 Å². The summed E-state index contributed by atoms with van der Waals surface area (Å²) in [5.74, 6) is 2.90. The predicted molar refractivity (Wildman–Crippen MR) is 273 cm³/mol. The molecule has 4 bridgehead atoms. The number of ether oxygens (including phenoxy) is 2. The van der Waals surface area contributed by atoms with Crippen LogP contribution in [0.4, 0.5) is 19.2 Å². The molecule has 22 heteroatoms. The number of alkyl carbamates (subject to hydrolysis) is 2. The monoisotopic (exact) mass is 1040 g/mol. The summed E-state index contributed by atoms with van der Waals surface area (Å²) >= 11 is 0. The fourth-order valence-electron chi connectivity index (χ4n) is 9.09. The molecule has 0 saturated carbocycles. The van der Waals surface area contributed by atoms with Crippen molar-refractivity contribution in [3.8, 4) is 0 Å². The smallest absolute Gasteiger partial charge is 0.442 e. The van der Waals surface area contributed by atoms with Gasteiger partial charge in [0.25, 0.3) is 0 Å². The predicted octanol–water partition coefficient (Wildman–Crippen LogP) is 6.51. The second kappa shape index (κ2) is 21.4. The average Bonchev–Trinajstić information content (AvgIpc) is 4.18. The number of carbonyl (C=O) groups is 4. The van der Waals surface area contributed by atoms with Crippen LogP contribution in [0.15, 0.2) is 149 Å². The third-order valence-corrected chi connectivity index (χ3v) is 17.3. The van der Waals surface area contributed by atoms with Gasteiger partial charge in [-0.2, -0.15) is 18.5 Å². The van der Waals surface area contributed by atoms with Crippen molar-refractivity contribution in [3.05, 3.63) is 152 Å². The Morgan fingerprint density at radius 2 is 1.03 bits per heavy atom. The van der Waals surface area contributed by atoms with Crippen molar-refractivity contribution in [1.82, 2.24) is 40.5 Å². The fourth-order valence-corrected chi connectivity index (χ4v) is 14.1. The number of hydroxylamine groups is 4. The molecule has 2 saturated heterocycles. The molecule has 0 unspecified atom stereocenters. The van der Waals surface area contributed by atoms with E-state index in [0.29, 0.717) is 21.3 Å². The van der Waals surface area contributed by atoms with E-state index in [1.165, 1.54) is 50.9 Å². The second-order valence-corrected chi connectivity index (χ2v) is 24.2. The van der Waals surface area contributed by atoms with Crippen LogP contribution in [0.25, 0.3) is 11.1 Å². The number of aromatic nitrogens is 2. The molecule has 0 radical (unpaired) electrons. The van der Waals surface area contributed by atoms with Crippen LogP contribution in [0.3, 0.4) is 0 Å². The van der Waals surface area contributed by atoms with Crippen molar-refractivity contribution in [2.45, 2.75) is 83.8 Å². The van der Waals surface area contributed by atoms with E-state index in [-0.39, 0.29) is 37.7 Å². The summed E-state index contributed by atoms with van der Waals surface area (Å²) in [5, 5.41) is 10.7. The minimum Gasteiger partial charge on any atom is -0.444 e. The molecular formula is C51H59N8O12PS. The molecule has 4 atom stereocenters. The number of fused-ring (bicyclic) bond motifs is 4. The zero-order valence-corrected chi connectivity index (χ0v) is 43.2. The summed E-state index contributed by atoms with van der Waals surface area (Å²) in [7, 11) is -7.28. The zero-order chi connectivity index (χ0) is 52.1. The molecule has 20 nitrogen and oxygen atoms in total. The number of oxazole rings is 2. The number of benzene rings is 3. The van der Waals surface area contributed by atoms with Gasteiger partial charge in [-0.1, -0.05) is 12.2 Å². The van der Waals surface area contributed by atoms with Crippen molar-refractivity contribution >= 4 is 69.0 Å². The van der Waals surface area contributed by atoms with Gasteiger partial charge in [-0.15, -0.1) is 8.57 Å². The van der Waals surface area contributed by atoms with Crippen LogP contribution in [-0.2, 0) is 28.4 Å². The van der Waals surface area contributed by atoms with E-state index in [2.05, 4.69) is 130 Å². The molecule has 0 aliphatic carbocycles. The summed E-state index contributed by atoms with van der Waals surface area (Å²) in [6.07, 6.45) is 9.13. The van der Waals surface area contributed by atoms with Gasteiger partial charge < -0.3 is 38.7 Å². The first-order chi connectivity index (χ1) is 34.8. The number of hydrogen-bond acceptors (Lipinski definition) is 14. The Labute approximate surface area is 424 Å². The number of amides is 6. The van der Waals surface area contributed by atoms with Gasteiger partial charge in [0.2, 0.25) is 0 Å². The SMILES string of the molecule is C/C=C/[PH](c1ccccc1)(c1ccccc1)c1ccccc1.CC(C)(C)OC(=O)NC[C@@H]1C=C(c2cnco2)[C@@H]2CN1C(=O)N2OS(=O)(=O)ON1C(=O)N2C[C@H]1C(c1cnco1)=C[C@H]2CNC(=O)OC(C)(C)C. The number of carbonyl (C=O) groups excluding carboxylic acids is 4. The molecular weight excluding hydrogens is 980 g/mol. The first kappa shape index (κ1) is 52.0. The van der Waals surface area contributed by atoms with Crippen molar-refractivity contribution in [2.24, 2.45) is 0 Å². The zero-order valence-electron chi connectivity index (χ0n) is 41.4. The summed E-state index contributed by atoms with van der Waals surface area (Å²) in [6.45, 7) is 12.1. The molecule has 9 rings (SSSR count). The Bertz CT molecular complexity index is 2720. The van der Waals surface area contributed by atoms with E-state index < -0.39 is 77.3 Å². The summed E-state index contributed by atoms with van der Waals surface area (Å²) < 4.78 is 59.1. The number of allylic oxidation sites excluding steroid dienone is 1. The Kier molecular flexibility index (Phi) is 15.3. The average molecular weight is 1040 g/mol. The molecule has 6 amide bonds. The maximum atomic E-state index is 13.6. The van der Waals surface area contributed by atoms with Crippen molar-refractivity contribution in [2.75, 3.05) is 26.2 Å². The van der Waals surface area contributed by atoms with Gasteiger partial charge in [0.15, 0.2) is 24.3 Å². The number of nitrogens with zero attached hydrogens (tertiary/aromatic N) is 6. The van der Waals surface area contributed by atoms with Gasteiger partial charge in [0, 0.05) is 24.2 Å². The van der Waals surface area contributed by atoms with Crippen molar-refractivity contribution < 1.29 is 54.5 Å². The van der Waals surface area contributed by atoms with E-state index in [9.17, 15) is 27.6 Å². The molecule has 4 aliphatic heterocycles. The van der Waals surface area contributed by atoms with Crippen LogP contribution in [0, 0.1) is 0 Å². The largest absolute Gasteiger partial charge is 0.444 e. The van der Waals surface area contributed by atoms with Crippen LogP contribution in [0.5, 0.6) is 0 Å². The van der Waals surface area contributed by atoms with E-state index in [4.69, 9.17) is 26.9 Å². The first-order valence-electron chi connectivity index (χ1n) is 23.6. The van der Waals surface area contributed by atoms with E-state index >= 15 is 0 Å². The summed E-state index contributed by atoms with van der Waals surface area (Å²) in [5.41, 5.74) is -0.812. The topological polar surface area (TPSA) is 228 Å². The molecule has 3 aromatic carbocycles. The molecule has 386 valence electrons. The number of urea groups is 2. The molecule has 2 N–H and O–H groups in total. The molecule has 6 heterocycles. The Morgan fingerprint density at radius 1 is 0.658 bits per heavy atom. The van der Waals surface area contributed by atoms with Crippen LogP contribution in [0.1, 0.15) is 60.0 Å². The van der Waals surface area contributed by atoms with Gasteiger partial charge in [-0.05, 0) is 41.5 Å². The minimum atomic E-state index is -5.17. The Hall–Kier alpha value is -7.32. The quantitative estimate of drug-likeness (QED) is 0.113. The number of nitrogens with one attached hydrogen (secondary N) is 2. The standard InChI is InChI=1S/C30H38N8O12S.C21H21P/c1-29(2,3)47-25(39)33-9-17-7-19(23-11-31-15-45-23)21-13-35(17)27(41)37(21)49-51(43,44)50-38-22-14-36(28(38)42)18(8-20(22)24-12-32-16-46-24)10-34-26(40)48-30(4,5)6;1-2-18-22(19-12-6-3-7-13-19,20-14-8-4-9-15-20)21-16-10-5-11-17-21/h7-8,11-12,15-18,21-22H,9-10,13-14H2,1-6H3,(H,33,39)(H,34,40);2-18,22H,1H3/b;18-2+/t17-,18-,21-,22-;/m0./s1. The molecule has 5 aromatic rings. The van der Waals surface area contributed by atoms with E-state index in [1.54, 1.807) is 53.7 Å². The molecule has 0 spiro atoms.